The van der Waals surface area contributed by atoms with Gasteiger partial charge >= 0.3 is 0 Å². The maximum absolute atomic E-state index is 3.65. The molecule has 0 aromatic carbocycles. The van der Waals surface area contributed by atoms with E-state index in [0.29, 0.717) is 0 Å². The molecular formula is C16H34N2. The second kappa shape index (κ2) is 6.91. The van der Waals surface area contributed by atoms with Crippen molar-refractivity contribution in [3.63, 3.8) is 0 Å². The summed E-state index contributed by atoms with van der Waals surface area (Å²) >= 11 is 0. The summed E-state index contributed by atoms with van der Waals surface area (Å²) < 4.78 is 0. The lowest BCUT2D eigenvalue weighted by Gasteiger charge is -2.27. The van der Waals surface area contributed by atoms with Crippen LogP contribution in [0.25, 0.3) is 0 Å². The van der Waals surface area contributed by atoms with Gasteiger partial charge in [-0.25, -0.2) is 0 Å². The SMILES string of the molecule is CCC(C)CC(C)N1CCC(CNC(C)(C)C)C1. The summed E-state index contributed by atoms with van der Waals surface area (Å²) in [5.41, 5.74) is 0.260. The Labute approximate surface area is 115 Å². The Hall–Kier alpha value is -0.0800. The molecule has 0 aromatic rings. The highest BCUT2D eigenvalue weighted by Gasteiger charge is 2.27. The molecule has 2 nitrogen and oxygen atoms in total. The Morgan fingerprint density at radius 3 is 2.50 bits per heavy atom. The molecule has 1 rings (SSSR count). The maximum Gasteiger partial charge on any atom is 0.00966 e. The Balaban J connectivity index is 2.28. The number of hydrogen-bond acceptors (Lipinski definition) is 2. The Bertz CT molecular complexity index is 232. The smallest absolute Gasteiger partial charge is 0.00966 e. The molecule has 0 amide bonds. The molecule has 3 atom stereocenters. The average molecular weight is 254 g/mol. The van der Waals surface area contributed by atoms with Crippen molar-refractivity contribution in [2.45, 2.75) is 72.4 Å². The first-order chi connectivity index (χ1) is 8.31. The average Bonchev–Trinajstić information content (AvgIpc) is 2.74. The van der Waals surface area contributed by atoms with Crippen molar-refractivity contribution in [2.75, 3.05) is 19.6 Å². The Morgan fingerprint density at radius 1 is 1.28 bits per heavy atom. The van der Waals surface area contributed by atoms with E-state index >= 15 is 0 Å². The largest absolute Gasteiger partial charge is 0.312 e. The summed E-state index contributed by atoms with van der Waals surface area (Å²) in [6.07, 6.45) is 4.04. The van der Waals surface area contributed by atoms with E-state index in [1.807, 2.05) is 0 Å². The van der Waals surface area contributed by atoms with E-state index in [4.69, 9.17) is 0 Å². The van der Waals surface area contributed by atoms with Crippen LogP contribution in [0.2, 0.25) is 0 Å². The lowest BCUT2D eigenvalue weighted by atomic mass is 9.99. The van der Waals surface area contributed by atoms with E-state index < -0.39 is 0 Å². The number of likely N-dealkylation sites (tertiary alicyclic amines) is 1. The van der Waals surface area contributed by atoms with Crippen LogP contribution in [0.1, 0.15) is 60.8 Å². The summed E-state index contributed by atoms with van der Waals surface area (Å²) in [5, 5.41) is 3.65. The third-order valence-corrected chi connectivity index (χ3v) is 4.30. The van der Waals surface area contributed by atoms with Crippen molar-refractivity contribution < 1.29 is 0 Å². The summed E-state index contributed by atoms with van der Waals surface area (Å²) in [4.78, 5) is 2.70. The van der Waals surface area contributed by atoms with E-state index in [-0.39, 0.29) is 5.54 Å². The van der Waals surface area contributed by atoms with Crippen LogP contribution < -0.4 is 5.32 Å². The van der Waals surface area contributed by atoms with Crippen LogP contribution in [0, 0.1) is 11.8 Å². The van der Waals surface area contributed by atoms with Gasteiger partial charge in [0.2, 0.25) is 0 Å². The van der Waals surface area contributed by atoms with Crippen LogP contribution in [-0.2, 0) is 0 Å². The van der Waals surface area contributed by atoms with Gasteiger partial charge in [0.05, 0.1) is 0 Å². The zero-order chi connectivity index (χ0) is 13.8. The first kappa shape index (κ1) is 16.0. The van der Waals surface area contributed by atoms with Crippen molar-refractivity contribution in [3.8, 4) is 0 Å². The van der Waals surface area contributed by atoms with Crippen molar-refractivity contribution in [1.82, 2.24) is 10.2 Å². The highest BCUT2D eigenvalue weighted by molar-refractivity contribution is 4.83. The standard InChI is InChI=1S/C16H34N2/c1-7-13(2)10-14(3)18-9-8-15(12-18)11-17-16(4,5)6/h13-15,17H,7-12H2,1-6H3. The Kier molecular flexibility index (Phi) is 6.13. The van der Waals surface area contributed by atoms with E-state index in [0.717, 1.165) is 17.9 Å². The van der Waals surface area contributed by atoms with Crippen LogP contribution in [0.3, 0.4) is 0 Å². The molecule has 0 saturated carbocycles. The maximum atomic E-state index is 3.65. The van der Waals surface area contributed by atoms with E-state index in [1.54, 1.807) is 0 Å². The van der Waals surface area contributed by atoms with E-state index in [9.17, 15) is 0 Å². The lowest BCUT2D eigenvalue weighted by molar-refractivity contribution is 0.213. The molecule has 0 bridgehead atoms. The first-order valence-corrected chi connectivity index (χ1v) is 7.81. The zero-order valence-electron chi connectivity index (χ0n) is 13.4. The van der Waals surface area contributed by atoms with Crippen LogP contribution >= 0.6 is 0 Å². The van der Waals surface area contributed by atoms with Crippen LogP contribution in [0.5, 0.6) is 0 Å². The third-order valence-electron chi connectivity index (χ3n) is 4.30. The van der Waals surface area contributed by atoms with Gasteiger partial charge in [0.1, 0.15) is 0 Å². The van der Waals surface area contributed by atoms with Gasteiger partial charge in [-0.15, -0.1) is 0 Å². The van der Waals surface area contributed by atoms with Crippen molar-refractivity contribution in [1.29, 1.82) is 0 Å². The minimum atomic E-state index is 0.260. The van der Waals surface area contributed by atoms with Crippen LogP contribution in [0.15, 0.2) is 0 Å². The molecule has 0 radical (unpaired) electrons. The predicted molar refractivity (Wildman–Crippen MR) is 81.0 cm³/mol. The molecule has 1 N–H and O–H groups in total. The van der Waals surface area contributed by atoms with Crippen LogP contribution in [-0.4, -0.2) is 36.1 Å². The van der Waals surface area contributed by atoms with Gasteiger partial charge in [-0.05, 0) is 65.5 Å². The minimum absolute atomic E-state index is 0.260. The van der Waals surface area contributed by atoms with Crippen molar-refractivity contribution >= 4 is 0 Å². The fraction of sp³-hybridized carbons (Fsp3) is 1.00. The summed E-state index contributed by atoms with van der Waals surface area (Å²) in [5.74, 6) is 1.72. The Morgan fingerprint density at radius 2 is 1.94 bits per heavy atom. The summed E-state index contributed by atoms with van der Waals surface area (Å²) in [7, 11) is 0. The predicted octanol–water partition coefficient (Wildman–Crippen LogP) is 3.52. The second-order valence-electron chi connectivity index (χ2n) is 7.38. The van der Waals surface area contributed by atoms with Gasteiger partial charge in [0.15, 0.2) is 0 Å². The van der Waals surface area contributed by atoms with Gasteiger partial charge in [0.25, 0.3) is 0 Å². The molecule has 1 aliphatic heterocycles. The molecule has 0 aliphatic carbocycles. The molecule has 0 aromatic heterocycles. The molecule has 3 unspecified atom stereocenters. The fourth-order valence-corrected chi connectivity index (χ4v) is 2.78. The monoisotopic (exact) mass is 254 g/mol. The van der Waals surface area contributed by atoms with Crippen LogP contribution in [0.4, 0.5) is 0 Å². The number of hydrogen-bond donors (Lipinski definition) is 1. The second-order valence-corrected chi connectivity index (χ2v) is 7.38. The molecule has 1 saturated heterocycles. The highest BCUT2D eigenvalue weighted by Crippen LogP contribution is 2.22. The quantitative estimate of drug-likeness (QED) is 0.780. The molecule has 18 heavy (non-hydrogen) atoms. The number of nitrogens with zero attached hydrogens (tertiary/aromatic N) is 1. The first-order valence-electron chi connectivity index (χ1n) is 7.81. The molecule has 1 heterocycles. The van der Waals surface area contributed by atoms with Gasteiger partial charge in [-0.3, -0.25) is 0 Å². The third kappa shape index (κ3) is 5.71. The summed E-state index contributed by atoms with van der Waals surface area (Å²) in [6.45, 7) is 17.6. The van der Waals surface area contributed by atoms with Gasteiger partial charge in [-0.2, -0.15) is 0 Å². The normalized spacial score (nSPS) is 25.3. The van der Waals surface area contributed by atoms with Gasteiger partial charge in [0, 0.05) is 18.1 Å². The number of nitrogens with one attached hydrogen (secondary N) is 1. The molecular weight excluding hydrogens is 220 g/mol. The van der Waals surface area contributed by atoms with E-state index in [1.165, 1.54) is 38.9 Å². The molecule has 1 aliphatic rings. The number of rotatable bonds is 6. The van der Waals surface area contributed by atoms with Gasteiger partial charge in [-0.1, -0.05) is 20.3 Å². The lowest BCUT2D eigenvalue weighted by Crippen LogP contribution is -2.40. The molecule has 1 fully saturated rings. The topological polar surface area (TPSA) is 15.3 Å². The zero-order valence-corrected chi connectivity index (χ0v) is 13.4. The van der Waals surface area contributed by atoms with Crippen molar-refractivity contribution in [2.24, 2.45) is 11.8 Å². The fourth-order valence-electron chi connectivity index (χ4n) is 2.78. The molecule has 0 spiro atoms. The van der Waals surface area contributed by atoms with Gasteiger partial charge < -0.3 is 10.2 Å². The van der Waals surface area contributed by atoms with Crippen molar-refractivity contribution in [3.05, 3.63) is 0 Å². The minimum Gasteiger partial charge on any atom is -0.312 e. The molecule has 2 heteroatoms. The molecule has 108 valence electrons. The highest BCUT2D eigenvalue weighted by atomic mass is 15.2. The summed E-state index contributed by atoms with van der Waals surface area (Å²) in [6, 6.07) is 0.764. The van der Waals surface area contributed by atoms with E-state index in [2.05, 4.69) is 51.8 Å².